The van der Waals surface area contributed by atoms with Crippen molar-refractivity contribution < 1.29 is 9.47 Å². The van der Waals surface area contributed by atoms with Crippen molar-refractivity contribution >= 4 is 0 Å². The summed E-state index contributed by atoms with van der Waals surface area (Å²) in [5.41, 5.74) is 0. The summed E-state index contributed by atoms with van der Waals surface area (Å²) < 4.78 is 10.9. The second-order valence-corrected chi connectivity index (χ2v) is 3.34. The Kier molecular flexibility index (Phi) is 6.75. The molecule has 0 amide bonds. The summed E-state index contributed by atoms with van der Waals surface area (Å²) in [6.45, 7) is 3.31. The van der Waals surface area contributed by atoms with Crippen LogP contribution >= 0.6 is 0 Å². The largest absolute Gasteiger partial charge is 0.353 e. The maximum Gasteiger partial charge on any atom is 0.158 e. The molecule has 0 bridgehead atoms. The molecular weight excluding hydrogens is 188 g/mol. The minimum Gasteiger partial charge on any atom is -0.353 e. The molecule has 0 spiro atoms. The molecule has 82 valence electrons. The SMILES string of the molecule is CCC#CCC#CCOC1CCCCO1. The minimum atomic E-state index is -0.0326. The predicted octanol–water partition coefficient (Wildman–Crippen LogP) is 2.34. The molecule has 0 aromatic rings. The fourth-order valence-electron chi connectivity index (χ4n) is 1.32. The lowest BCUT2D eigenvalue weighted by molar-refractivity contribution is -0.154. The lowest BCUT2D eigenvalue weighted by atomic mass is 10.2. The van der Waals surface area contributed by atoms with E-state index in [1.54, 1.807) is 0 Å². The van der Waals surface area contributed by atoms with Gasteiger partial charge in [-0.1, -0.05) is 24.7 Å². The van der Waals surface area contributed by atoms with Gasteiger partial charge in [-0.3, -0.25) is 0 Å². The fourth-order valence-corrected chi connectivity index (χ4v) is 1.32. The van der Waals surface area contributed by atoms with Crippen LogP contribution in [0, 0.1) is 23.7 Å². The molecular formula is C13H18O2. The highest BCUT2D eigenvalue weighted by Gasteiger charge is 2.12. The summed E-state index contributed by atoms with van der Waals surface area (Å²) in [5.74, 6) is 11.8. The summed E-state index contributed by atoms with van der Waals surface area (Å²) in [4.78, 5) is 0. The smallest absolute Gasteiger partial charge is 0.158 e. The first kappa shape index (κ1) is 12.1. The average Bonchev–Trinajstić information content (AvgIpc) is 2.29. The number of rotatable bonds is 2. The van der Waals surface area contributed by atoms with E-state index in [1.165, 1.54) is 6.42 Å². The van der Waals surface area contributed by atoms with Gasteiger partial charge in [0.2, 0.25) is 0 Å². The normalized spacial score (nSPS) is 19.7. The van der Waals surface area contributed by atoms with Crippen molar-refractivity contribution in [2.75, 3.05) is 13.2 Å². The lowest BCUT2D eigenvalue weighted by Gasteiger charge is -2.21. The summed E-state index contributed by atoms with van der Waals surface area (Å²) in [7, 11) is 0. The van der Waals surface area contributed by atoms with E-state index in [0.29, 0.717) is 13.0 Å². The van der Waals surface area contributed by atoms with Gasteiger partial charge < -0.3 is 9.47 Å². The van der Waals surface area contributed by atoms with Crippen molar-refractivity contribution in [3.63, 3.8) is 0 Å². The molecule has 1 aliphatic rings. The first-order valence-electron chi connectivity index (χ1n) is 5.58. The Hall–Kier alpha value is -0.960. The van der Waals surface area contributed by atoms with Crippen LogP contribution < -0.4 is 0 Å². The van der Waals surface area contributed by atoms with Crippen LogP contribution in [-0.4, -0.2) is 19.5 Å². The second kappa shape index (κ2) is 8.36. The molecule has 1 aliphatic heterocycles. The highest BCUT2D eigenvalue weighted by atomic mass is 16.7. The van der Waals surface area contributed by atoms with Crippen molar-refractivity contribution in [2.24, 2.45) is 0 Å². The Balaban J connectivity index is 2.04. The topological polar surface area (TPSA) is 18.5 Å². The van der Waals surface area contributed by atoms with Crippen LogP contribution in [-0.2, 0) is 9.47 Å². The van der Waals surface area contributed by atoms with E-state index >= 15 is 0 Å². The average molecular weight is 206 g/mol. The summed E-state index contributed by atoms with van der Waals surface area (Å²) >= 11 is 0. The maximum absolute atomic E-state index is 5.45. The Bertz CT molecular complexity index is 268. The highest BCUT2D eigenvalue weighted by molar-refractivity contribution is 5.11. The van der Waals surface area contributed by atoms with Crippen LogP contribution in [0.5, 0.6) is 0 Å². The Labute approximate surface area is 92.3 Å². The molecule has 0 saturated carbocycles. The molecule has 2 heteroatoms. The molecule has 1 heterocycles. The van der Waals surface area contributed by atoms with Crippen LogP contribution in [0.2, 0.25) is 0 Å². The number of hydrogen-bond donors (Lipinski definition) is 0. The van der Waals surface area contributed by atoms with Gasteiger partial charge in [-0.05, 0) is 19.3 Å². The Morgan fingerprint density at radius 1 is 1.20 bits per heavy atom. The maximum atomic E-state index is 5.45. The van der Waals surface area contributed by atoms with Gasteiger partial charge in [-0.25, -0.2) is 0 Å². The highest BCUT2D eigenvalue weighted by Crippen LogP contribution is 2.12. The van der Waals surface area contributed by atoms with Crippen molar-refractivity contribution in [3.8, 4) is 23.7 Å². The Morgan fingerprint density at radius 3 is 2.80 bits per heavy atom. The van der Waals surface area contributed by atoms with E-state index in [4.69, 9.17) is 9.47 Å². The van der Waals surface area contributed by atoms with Gasteiger partial charge in [-0.2, -0.15) is 0 Å². The minimum absolute atomic E-state index is 0.0326. The van der Waals surface area contributed by atoms with Crippen molar-refractivity contribution in [2.45, 2.75) is 45.3 Å². The lowest BCUT2D eigenvalue weighted by Crippen LogP contribution is -2.22. The quantitative estimate of drug-likeness (QED) is 0.646. The van der Waals surface area contributed by atoms with Gasteiger partial charge in [-0.15, -0.1) is 5.92 Å². The van der Waals surface area contributed by atoms with E-state index in [2.05, 4.69) is 23.7 Å². The third kappa shape index (κ3) is 6.18. The molecule has 0 aromatic carbocycles. The third-order valence-electron chi connectivity index (χ3n) is 2.08. The van der Waals surface area contributed by atoms with Crippen LogP contribution in [0.1, 0.15) is 39.0 Å². The van der Waals surface area contributed by atoms with Gasteiger partial charge >= 0.3 is 0 Å². The zero-order valence-electron chi connectivity index (χ0n) is 9.34. The van der Waals surface area contributed by atoms with E-state index in [1.807, 2.05) is 6.92 Å². The van der Waals surface area contributed by atoms with Gasteiger partial charge in [0.15, 0.2) is 6.29 Å². The van der Waals surface area contributed by atoms with Gasteiger partial charge in [0.1, 0.15) is 6.61 Å². The first-order valence-corrected chi connectivity index (χ1v) is 5.58. The van der Waals surface area contributed by atoms with Crippen molar-refractivity contribution in [1.82, 2.24) is 0 Å². The number of hydrogen-bond acceptors (Lipinski definition) is 2. The molecule has 1 fully saturated rings. The molecule has 1 rings (SSSR count). The zero-order chi connectivity index (χ0) is 10.8. The predicted molar refractivity (Wildman–Crippen MR) is 60.0 cm³/mol. The standard InChI is InChI=1S/C13H18O2/c1-2-3-4-5-6-8-11-14-13-10-7-9-12-15-13/h13H,2,5,7,9-12H2,1H3. The number of ether oxygens (including phenoxy) is 2. The molecule has 0 aliphatic carbocycles. The van der Waals surface area contributed by atoms with Gasteiger partial charge in [0.25, 0.3) is 0 Å². The van der Waals surface area contributed by atoms with Crippen LogP contribution in [0.3, 0.4) is 0 Å². The van der Waals surface area contributed by atoms with E-state index in [-0.39, 0.29) is 6.29 Å². The molecule has 15 heavy (non-hydrogen) atoms. The summed E-state index contributed by atoms with van der Waals surface area (Å²) in [5, 5.41) is 0. The summed E-state index contributed by atoms with van der Waals surface area (Å²) in [6.07, 6.45) is 4.85. The summed E-state index contributed by atoms with van der Waals surface area (Å²) in [6, 6.07) is 0. The third-order valence-corrected chi connectivity index (χ3v) is 2.08. The Morgan fingerprint density at radius 2 is 2.07 bits per heavy atom. The van der Waals surface area contributed by atoms with Crippen LogP contribution in [0.25, 0.3) is 0 Å². The second-order valence-electron chi connectivity index (χ2n) is 3.34. The fraction of sp³-hybridized carbons (Fsp3) is 0.692. The molecule has 1 unspecified atom stereocenters. The van der Waals surface area contributed by atoms with Crippen molar-refractivity contribution in [3.05, 3.63) is 0 Å². The monoisotopic (exact) mass is 206 g/mol. The molecule has 1 saturated heterocycles. The van der Waals surface area contributed by atoms with Crippen molar-refractivity contribution in [1.29, 1.82) is 0 Å². The molecule has 0 N–H and O–H groups in total. The molecule has 2 nitrogen and oxygen atoms in total. The van der Waals surface area contributed by atoms with Crippen LogP contribution in [0.15, 0.2) is 0 Å². The van der Waals surface area contributed by atoms with E-state index < -0.39 is 0 Å². The van der Waals surface area contributed by atoms with E-state index in [9.17, 15) is 0 Å². The molecule has 0 aromatic heterocycles. The van der Waals surface area contributed by atoms with E-state index in [0.717, 1.165) is 25.9 Å². The van der Waals surface area contributed by atoms with Gasteiger partial charge in [0, 0.05) is 13.0 Å². The van der Waals surface area contributed by atoms with Crippen LogP contribution in [0.4, 0.5) is 0 Å². The zero-order valence-corrected chi connectivity index (χ0v) is 9.34. The van der Waals surface area contributed by atoms with Gasteiger partial charge in [0.05, 0.1) is 6.42 Å². The molecule has 0 radical (unpaired) electrons. The first-order chi connectivity index (χ1) is 7.43. The molecule has 1 atom stereocenters.